The summed E-state index contributed by atoms with van der Waals surface area (Å²) >= 11 is 0. The molecule has 1 saturated heterocycles. The minimum atomic E-state index is -0.290. The highest BCUT2D eigenvalue weighted by Gasteiger charge is 2.24. The van der Waals surface area contributed by atoms with Crippen LogP contribution in [0, 0.1) is 5.82 Å². The molecule has 148 valence electrons. The lowest BCUT2D eigenvalue weighted by atomic mass is 10.1. The average molecular weight is 393 g/mol. The third-order valence-electron chi connectivity index (χ3n) is 4.60. The molecule has 0 bridgehead atoms. The van der Waals surface area contributed by atoms with Crippen molar-refractivity contribution < 1.29 is 9.18 Å². The molecule has 1 atom stereocenters. The molecule has 29 heavy (non-hydrogen) atoms. The molecule has 3 aromatic rings. The Bertz CT molecular complexity index is 997. The maximum atomic E-state index is 13.2. The van der Waals surface area contributed by atoms with Gasteiger partial charge in [0.1, 0.15) is 23.3 Å². The first-order valence-corrected chi connectivity index (χ1v) is 9.33. The van der Waals surface area contributed by atoms with Gasteiger partial charge in [0, 0.05) is 31.4 Å². The Morgan fingerprint density at radius 2 is 1.97 bits per heavy atom. The summed E-state index contributed by atoms with van der Waals surface area (Å²) in [5, 5.41) is 6.32. The average Bonchev–Trinajstić information content (AvgIpc) is 3.15. The summed E-state index contributed by atoms with van der Waals surface area (Å²) in [6, 6.07) is 7.79. The molecular weight excluding hydrogens is 373 g/mol. The van der Waals surface area contributed by atoms with Crippen molar-refractivity contribution in [2.45, 2.75) is 25.8 Å². The van der Waals surface area contributed by atoms with Gasteiger partial charge in [-0.2, -0.15) is 9.97 Å². The van der Waals surface area contributed by atoms with Crippen molar-refractivity contribution in [2.24, 2.45) is 0 Å². The Morgan fingerprint density at radius 1 is 1.14 bits per heavy atom. The van der Waals surface area contributed by atoms with Crippen LogP contribution in [0.25, 0.3) is 0 Å². The monoisotopic (exact) mass is 393 g/mol. The van der Waals surface area contributed by atoms with Gasteiger partial charge in [-0.1, -0.05) is 12.1 Å². The fourth-order valence-corrected chi connectivity index (χ4v) is 3.11. The molecule has 1 aliphatic heterocycles. The second-order valence-corrected chi connectivity index (χ2v) is 6.72. The standard InChI is InChI=1S/C20H20FN7O/c1-13(14-4-6-15(21)7-5-14)24-20-26-16(25-17-12-22-8-9-23-17)11-18(27-20)28-10-2-3-19(28)29/h4-9,11-13H,2-3,10H2,1H3,(H2,23,24,25,26,27). The number of benzene rings is 1. The van der Waals surface area contributed by atoms with Crippen molar-refractivity contribution in [3.8, 4) is 0 Å². The van der Waals surface area contributed by atoms with Gasteiger partial charge in [0.2, 0.25) is 11.9 Å². The van der Waals surface area contributed by atoms with Crippen LogP contribution in [0.3, 0.4) is 0 Å². The van der Waals surface area contributed by atoms with E-state index in [1.54, 1.807) is 41.7 Å². The Morgan fingerprint density at radius 3 is 2.66 bits per heavy atom. The van der Waals surface area contributed by atoms with Gasteiger partial charge < -0.3 is 10.6 Å². The van der Waals surface area contributed by atoms with Gasteiger partial charge in [0.15, 0.2) is 0 Å². The third-order valence-corrected chi connectivity index (χ3v) is 4.60. The van der Waals surface area contributed by atoms with Gasteiger partial charge in [-0.05, 0) is 31.0 Å². The quantitative estimate of drug-likeness (QED) is 0.662. The van der Waals surface area contributed by atoms with Crippen LogP contribution in [0.15, 0.2) is 48.9 Å². The molecule has 0 spiro atoms. The first kappa shape index (κ1) is 18.7. The lowest BCUT2D eigenvalue weighted by Gasteiger charge is -2.19. The molecule has 1 fully saturated rings. The van der Waals surface area contributed by atoms with E-state index in [1.807, 2.05) is 6.92 Å². The van der Waals surface area contributed by atoms with E-state index in [-0.39, 0.29) is 17.8 Å². The molecule has 2 aromatic heterocycles. The van der Waals surface area contributed by atoms with Crippen LogP contribution in [-0.2, 0) is 4.79 Å². The molecule has 9 heteroatoms. The van der Waals surface area contributed by atoms with Crippen LogP contribution in [-0.4, -0.2) is 32.4 Å². The van der Waals surface area contributed by atoms with E-state index in [1.165, 1.54) is 12.1 Å². The van der Waals surface area contributed by atoms with E-state index in [2.05, 4.69) is 30.6 Å². The zero-order valence-corrected chi connectivity index (χ0v) is 15.8. The smallest absolute Gasteiger partial charge is 0.228 e. The zero-order chi connectivity index (χ0) is 20.2. The van der Waals surface area contributed by atoms with Crippen molar-refractivity contribution in [1.29, 1.82) is 0 Å². The number of carbonyl (C=O) groups excluding carboxylic acids is 1. The summed E-state index contributed by atoms with van der Waals surface area (Å²) in [5.41, 5.74) is 0.890. The molecule has 3 heterocycles. The minimum absolute atomic E-state index is 0.0340. The molecule has 2 N–H and O–H groups in total. The van der Waals surface area contributed by atoms with Crippen molar-refractivity contribution in [1.82, 2.24) is 19.9 Å². The van der Waals surface area contributed by atoms with Crippen LogP contribution in [0.2, 0.25) is 0 Å². The van der Waals surface area contributed by atoms with E-state index >= 15 is 0 Å². The van der Waals surface area contributed by atoms with Gasteiger partial charge in [0.05, 0.1) is 12.2 Å². The number of anilines is 4. The van der Waals surface area contributed by atoms with Crippen LogP contribution < -0.4 is 15.5 Å². The molecule has 0 radical (unpaired) electrons. The van der Waals surface area contributed by atoms with E-state index in [0.29, 0.717) is 36.4 Å². The van der Waals surface area contributed by atoms with Crippen LogP contribution >= 0.6 is 0 Å². The largest absolute Gasteiger partial charge is 0.348 e. The molecule has 8 nitrogen and oxygen atoms in total. The number of carbonyl (C=O) groups is 1. The van der Waals surface area contributed by atoms with E-state index < -0.39 is 0 Å². The van der Waals surface area contributed by atoms with Crippen molar-refractivity contribution in [3.63, 3.8) is 0 Å². The summed E-state index contributed by atoms with van der Waals surface area (Å²) in [5.74, 6) is 1.63. The van der Waals surface area contributed by atoms with Gasteiger partial charge in [0.25, 0.3) is 0 Å². The number of hydrogen-bond acceptors (Lipinski definition) is 7. The number of aromatic nitrogens is 4. The second kappa shape index (κ2) is 8.17. The topological polar surface area (TPSA) is 95.9 Å². The van der Waals surface area contributed by atoms with Gasteiger partial charge in [-0.3, -0.25) is 14.7 Å². The molecule has 4 rings (SSSR count). The fraction of sp³-hybridized carbons (Fsp3) is 0.250. The molecule has 0 aliphatic carbocycles. The fourth-order valence-electron chi connectivity index (χ4n) is 3.11. The Balaban J connectivity index is 1.63. The molecule has 1 aliphatic rings. The van der Waals surface area contributed by atoms with E-state index in [0.717, 1.165) is 12.0 Å². The molecule has 1 unspecified atom stereocenters. The first-order chi connectivity index (χ1) is 14.1. The summed E-state index contributed by atoms with van der Waals surface area (Å²) in [7, 11) is 0. The second-order valence-electron chi connectivity index (χ2n) is 6.72. The van der Waals surface area contributed by atoms with Gasteiger partial charge in [-0.15, -0.1) is 0 Å². The Labute approximate surface area is 167 Å². The maximum absolute atomic E-state index is 13.2. The van der Waals surface area contributed by atoms with E-state index in [4.69, 9.17) is 0 Å². The summed E-state index contributed by atoms with van der Waals surface area (Å²) in [6.45, 7) is 2.55. The summed E-state index contributed by atoms with van der Waals surface area (Å²) < 4.78 is 13.2. The maximum Gasteiger partial charge on any atom is 0.228 e. The van der Waals surface area contributed by atoms with Crippen molar-refractivity contribution >= 4 is 29.3 Å². The predicted molar refractivity (Wildman–Crippen MR) is 107 cm³/mol. The number of rotatable bonds is 6. The molecular formula is C20H20FN7O. The van der Waals surface area contributed by atoms with Crippen LogP contribution in [0.5, 0.6) is 0 Å². The number of halogens is 1. The molecule has 1 amide bonds. The number of nitrogens with one attached hydrogen (secondary N) is 2. The lowest BCUT2D eigenvalue weighted by molar-refractivity contribution is -0.117. The normalized spacial score (nSPS) is 14.7. The zero-order valence-electron chi connectivity index (χ0n) is 15.8. The molecule has 1 aromatic carbocycles. The van der Waals surface area contributed by atoms with Crippen LogP contribution in [0.4, 0.5) is 27.8 Å². The number of hydrogen-bond donors (Lipinski definition) is 2. The summed E-state index contributed by atoms with van der Waals surface area (Å²) in [4.78, 5) is 31.1. The highest BCUT2D eigenvalue weighted by Crippen LogP contribution is 2.26. The molecule has 0 saturated carbocycles. The van der Waals surface area contributed by atoms with E-state index in [9.17, 15) is 9.18 Å². The van der Waals surface area contributed by atoms with Crippen LogP contribution in [0.1, 0.15) is 31.4 Å². The highest BCUT2D eigenvalue weighted by atomic mass is 19.1. The third kappa shape index (κ3) is 4.45. The van der Waals surface area contributed by atoms with Crippen molar-refractivity contribution in [2.75, 3.05) is 22.1 Å². The summed E-state index contributed by atoms with van der Waals surface area (Å²) in [6.07, 6.45) is 6.04. The van der Waals surface area contributed by atoms with Gasteiger partial charge >= 0.3 is 0 Å². The Kier molecular flexibility index (Phi) is 5.28. The SMILES string of the molecule is CC(Nc1nc(Nc2cnccn2)cc(N2CCCC2=O)n1)c1ccc(F)cc1. The van der Waals surface area contributed by atoms with Crippen molar-refractivity contribution in [3.05, 3.63) is 60.3 Å². The predicted octanol–water partition coefficient (Wildman–Crippen LogP) is 3.45. The number of amides is 1. The van der Waals surface area contributed by atoms with Gasteiger partial charge in [-0.25, -0.2) is 9.37 Å². The highest BCUT2D eigenvalue weighted by molar-refractivity contribution is 5.94. The minimum Gasteiger partial charge on any atom is -0.348 e. The number of nitrogens with zero attached hydrogens (tertiary/aromatic N) is 5. The lowest BCUT2D eigenvalue weighted by Crippen LogP contribution is -2.25. The Hall–Kier alpha value is -3.62. The first-order valence-electron chi connectivity index (χ1n) is 9.33.